The van der Waals surface area contributed by atoms with Crippen LogP contribution in [0.3, 0.4) is 0 Å². The molecule has 0 aliphatic carbocycles. The molecule has 128 valence electrons. The molecule has 0 amide bonds. The van der Waals surface area contributed by atoms with Crippen LogP contribution >= 0.6 is 11.3 Å². The molecule has 25 heavy (non-hydrogen) atoms. The summed E-state index contributed by atoms with van der Waals surface area (Å²) in [5, 5.41) is 7.18. The van der Waals surface area contributed by atoms with Gasteiger partial charge in [0.2, 0.25) is 5.13 Å². The van der Waals surface area contributed by atoms with Crippen LogP contribution in [0.5, 0.6) is 11.5 Å². The molecule has 0 unspecified atom stereocenters. The predicted octanol–water partition coefficient (Wildman–Crippen LogP) is 4.66. The summed E-state index contributed by atoms with van der Waals surface area (Å²) in [6.07, 6.45) is 0. The molecular weight excluding hydrogens is 334 g/mol. The van der Waals surface area contributed by atoms with Crippen LogP contribution in [0.4, 0.5) is 5.13 Å². The topological polar surface area (TPSA) is 55.7 Å². The fraction of sp³-hybridized carbons (Fsp3) is 0.158. The van der Waals surface area contributed by atoms with E-state index in [0.29, 0.717) is 0 Å². The van der Waals surface area contributed by atoms with Crippen LogP contribution in [0.15, 0.2) is 59.0 Å². The van der Waals surface area contributed by atoms with E-state index in [1.54, 1.807) is 14.2 Å². The molecule has 1 aromatic heterocycles. The van der Waals surface area contributed by atoms with Gasteiger partial charge in [0.25, 0.3) is 0 Å². The number of ether oxygens (including phenoxy) is 2. The van der Waals surface area contributed by atoms with Crippen molar-refractivity contribution in [3.8, 4) is 22.8 Å². The molecule has 0 aliphatic rings. The lowest BCUT2D eigenvalue weighted by molar-refractivity contribution is 0.402. The van der Waals surface area contributed by atoms with Crippen LogP contribution < -0.4 is 14.9 Å². The van der Waals surface area contributed by atoms with Gasteiger partial charge in [0.1, 0.15) is 11.5 Å². The maximum Gasteiger partial charge on any atom is 0.203 e. The minimum Gasteiger partial charge on any atom is -0.497 e. The molecule has 0 saturated carbocycles. The van der Waals surface area contributed by atoms with Crippen molar-refractivity contribution in [1.82, 2.24) is 4.98 Å². The first-order valence-corrected chi connectivity index (χ1v) is 8.63. The highest BCUT2D eigenvalue weighted by Crippen LogP contribution is 2.26. The summed E-state index contributed by atoms with van der Waals surface area (Å²) >= 11 is 1.51. The third-order valence-electron chi connectivity index (χ3n) is 3.69. The molecule has 0 fully saturated rings. The molecule has 5 nitrogen and oxygen atoms in total. The number of hydrogen-bond donors (Lipinski definition) is 1. The van der Waals surface area contributed by atoms with Gasteiger partial charge in [-0.3, -0.25) is 5.43 Å². The van der Waals surface area contributed by atoms with Gasteiger partial charge in [-0.25, -0.2) is 4.98 Å². The SMILES string of the molecule is COc1ccc(OC)c(/C(C)=N\Nc2nc(-c3ccccc3)cs2)c1. The minimum absolute atomic E-state index is 0.736. The molecular formula is C19H19N3O2S. The molecule has 0 atom stereocenters. The van der Waals surface area contributed by atoms with Crippen LogP contribution in [0.2, 0.25) is 0 Å². The van der Waals surface area contributed by atoms with Gasteiger partial charge in [0.15, 0.2) is 0 Å². The predicted molar refractivity (Wildman–Crippen MR) is 103 cm³/mol. The third kappa shape index (κ3) is 3.97. The zero-order valence-corrected chi connectivity index (χ0v) is 15.1. The van der Waals surface area contributed by atoms with Gasteiger partial charge in [0.05, 0.1) is 25.6 Å². The smallest absolute Gasteiger partial charge is 0.203 e. The second-order valence-electron chi connectivity index (χ2n) is 5.28. The lowest BCUT2D eigenvalue weighted by atomic mass is 10.1. The second kappa shape index (κ2) is 7.81. The molecule has 3 aromatic rings. The van der Waals surface area contributed by atoms with E-state index in [1.807, 2.05) is 60.8 Å². The highest BCUT2D eigenvalue weighted by molar-refractivity contribution is 7.14. The molecule has 0 aliphatic heterocycles. The molecule has 1 heterocycles. The van der Waals surface area contributed by atoms with E-state index >= 15 is 0 Å². The molecule has 0 radical (unpaired) electrons. The summed E-state index contributed by atoms with van der Waals surface area (Å²) in [7, 11) is 3.27. The van der Waals surface area contributed by atoms with Crippen molar-refractivity contribution in [2.75, 3.05) is 19.6 Å². The van der Waals surface area contributed by atoms with Crippen LogP contribution in [-0.2, 0) is 0 Å². The summed E-state index contributed by atoms with van der Waals surface area (Å²) in [5.41, 5.74) is 6.69. The van der Waals surface area contributed by atoms with Crippen molar-refractivity contribution in [3.05, 3.63) is 59.5 Å². The summed E-state index contributed by atoms with van der Waals surface area (Å²) in [6.45, 7) is 1.91. The van der Waals surface area contributed by atoms with Crippen molar-refractivity contribution in [1.29, 1.82) is 0 Å². The Kier molecular flexibility index (Phi) is 5.30. The van der Waals surface area contributed by atoms with Gasteiger partial charge in [-0.05, 0) is 25.1 Å². The highest BCUT2D eigenvalue weighted by Gasteiger charge is 2.09. The Bertz CT molecular complexity index is 875. The standard InChI is InChI=1S/C19H19N3O2S/c1-13(16-11-15(23-2)9-10-18(16)24-3)21-22-19-20-17(12-25-19)14-7-5-4-6-8-14/h4-12H,1-3H3,(H,20,22)/b21-13-. The van der Waals surface area contributed by atoms with Crippen molar-refractivity contribution in [2.24, 2.45) is 5.10 Å². The normalized spacial score (nSPS) is 11.2. The fourth-order valence-corrected chi connectivity index (χ4v) is 3.02. The first kappa shape index (κ1) is 17.0. The van der Waals surface area contributed by atoms with E-state index in [4.69, 9.17) is 9.47 Å². The Balaban J connectivity index is 1.79. The number of hydrazone groups is 1. The number of hydrogen-bond acceptors (Lipinski definition) is 6. The van der Waals surface area contributed by atoms with E-state index in [2.05, 4.69) is 15.5 Å². The third-order valence-corrected chi connectivity index (χ3v) is 4.44. The van der Waals surface area contributed by atoms with E-state index in [1.165, 1.54) is 11.3 Å². The number of nitrogens with one attached hydrogen (secondary N) is 1. The van der Waals surface area contributed by atoms with Gasteiger partial charge in [-0.1, -0.05) is 30.3 Å². The summed E-state index contributed by atoms with van der Waals surface area (Å²) in [5.74, 6) is 1.50. The summed E-state index contributed by atoms with van der Waals surface area (Å²) in [4.78, 5) is 4.57. The summed E-state index contributed by atoms with van der Waals surface area (Å²) in [6, 6.07) is 15.7. The molecule has 3 rings (SSSR count). The van der Waals surface area contributed by atoms with Crippen LogP contribution in [0, 0.1) is 0 Å². The number of thiazole rings is 1. The highest BCUT2D eigenvalue weighted by atomic mass is 32.1. The van der Waals surface area contributed by atoms with E-state index in [0.717, 1.165) is 39.2 Å². The Morgan fingerprint density at radius 3 is 2.60 bits per heavy atom. The second-order valence-corrected chi connectivity index (χ2v) is 6.14. The van der Waals surface area contributed by atoms with Crippen molar-refractivity contribution >= 4 is 22.2 Å². The maximum absolute atomic E-state index is 5.40. The molecule has 1 N–H and O–H groups in total. The zero-order valence-electron chi connectivity index (χ0n) is 14.3. The fourth-order valence-electron chi connectivity index (χ4n) is 2.36. The lowest BCUT2D eigenvalue weighted by Gasteiger charge is -2.10. The van der Waals surface area contributed by atoms with Gasteiger partial charge >= 0.3 is 0 Å². The average Bonchev–Trinajstić information content (AvgIpc) is 3.15. The molecule has 0 spiro atoms. The van der Waals surface area contributed by atoms with Crippen molar-refractivity contribution in [3.63, 3.8) is 0 Å². The number of benzene rings is 2. The van der Waals surface area contributed by atoms with E-state index in [9.17, 15) is 0 Å². The largest absolute Gasteiger partial charge is 0.497 e. The van der Waals surface area contributed by atoms with Crippen molar-refractivity contribution in [2.45, 2.75) is 6.92 Å². The zero-order chi connectivity index (χ0) is 17.6. The molecule has 6 heteroatoms. The molecule has 0 bridgehead atoms. The van der Waals surface area contributed by atoms with Gasteiger partial charge in [-0.2, -0.15) is 5.10 Å². The quantitative estimate of drug-likeness (QED) is 0.517. The van der Waals surface area contributed by atoms with Gasteiger partial charge < -0.3 is 9.47 Å². The number of methoxy groups -OCH3 is 2. The van der Waals surface area contributed by atoms with Crippen LogP contribution in [0.25, 0.3) is 11.3 Å². The number of anilines is 1. The van der Waals surface area contributed by atoms with E-state index in [-0.39, 0.29) is 0 Å². The van der Waals surface area contributed by atoms with Gasteiger partial charge in [-0.15, -0.1) is 11.3 Å². The number of aromatic nitrogens is 1. The number of nitrogens with zero attached hydrogens (tertiary/aromatic N) is 2. The van der Waals surface area contributed by atoms with Crippen molar-refractivity contribution < 1.29 is 9.47 Å². The Labute approximate surface area is 151 Å². The maximum atomic E-state index is 5.40. The Hall–Kier alpha value is -2.86. The van der Waals surface area contributed by atoms with Crippen LogP contribution in [-0.4, -0.2) is 24.9 Å². The monoisotopic (exact) mass is 353 g/mol. The first-order chi connectivity index (χ1) is 12.2. The minimum atomic E-state index is 0.736. The van der Waals surface area contributed by atoms with Gasteiger partial charge in [0, 0.05) is 16.5 Å². The van der Waals surface area contributed by atoms with Crippen LogP contribution in [0.1, 0.15) is 12.5 Å². The Morgan fingerprint density at radius 2 is 1.88 bits per heavy atom. The Morgan fingerprint density at radius 1 is 1.08 bits per heavy atom. The lowest BCUT2D eigenvalue weighted by Crippen LogP contribution is -2.03. The molecule has 2 aromatic carbocycles. The van der Waals surface area contributed by atoms with E-state index < -0.39 is 0 Å². The number of rotatable bonds is 6. The average molecular weight is 353 g/mol. The summed E-state index contributed by atoms with van der Waals surface area (Å²) < 4.78 is 10.7. The molecule has 0 saturated heterocycles. The first-order valence-electron chi connectivity index (χ1n) is 7.75.